The van der Waals surface area contributed by atoms with Crippen LogP contribution in [0.5, 0.6) is 5.75 Å². The third kappa shape index (κ3) is 3.99. The van der Waals surface area contributed by atoms with E-state index in [1.54, 1.807) is 41.2 Å². The third-order valence-corrected chi connectivity index (χ3v) is 4.24. The van der Waals surface area contributed by atoms with Gasteiger partial charge in [0, 0.05) is 24.0 Å². The Bertz CT molecular complexity index is 1320. The van der Waals surface area contributed by atoms with Gasteiger partial charge in [0.2, 0.25) is 0 Å². The largest absolute Gasteiger partial charge is 0.508 e. The van der Waals surface area contributed by atoms with Crippen LogP contribution in [0.4, 0.5) is 5.82 Å². The molecule has 1 aromatic carbocycles. The maximum atomic E-state index is 9.91. The lowest BCUT2D eigenvalue weighted by atomic mass is 10.2. The Labute approximate surface area is 185 Å². The van der Waals surface area contributed by atoms with Crippen LogP contribution in [0, 0.1) is 30.1 Å². The van der Waals surface area contributed by atoms with E-state index >= 15 is 0 Å². The van der Waals surface area contributed by atoms with Crippen molar-refractivity contribution in [3.05, 3.63) is 71.3 Å². The van der Waals surface area contributed by atoms with Crippen LogP contribution in [0.2, 0.25) is 0 Å². The summed E-state index contributed by atoms with van der Waals surface area (Å²) in [5.41, 5.74) is 9.91. The summed E-state index contributed by atoms with van der Waals surface area (Å²) in [6.45, 7) is 1.88. The molecule has 0 aliphatic heterocycles. The summed E-state index contributed by atoms with van der Waals surface area (Å²) >= 11 is 0. The van der Waals surface area contributed by atoms with Crippen LogP contribution in [0.3, 0.4) is 0 Å². The van der Waals surface area contributed by atoms with Crippen LogP contribution in [-0.2, 0) is 0 Å². The van der Waals surface area contributed by atoms with Gasteiger partial charge in [0.15, 0.2) is 5.65 Å². The maximum absolute atomic E-state index is 9.91. The molecule has 0 aliphatic rings. The number of aryl methyl sites for hydroxylation is 1. The van der Waals surface area contributed by atoms with Gasteiger partial charge in [-0.1, -0.05) is 12.0 Å². The number of rotatable bonds is 1. The normalized spacial score (nSPS) is 9.60. The summed E-state index contributed by atoms with van der Waals surface area (Å²) in [6, 6.07) is 10.7. The molecule has 4 aromatic rings. The highest BCUT2D eigenvalue weighted by molar-refractivity contribution is 5.88. The van der Waals surface area contributed by atoms with Gasteiger partial charge >= 0.3 is 0 Å². The van der Waals surface area contributed by atoms with Gasteiger partial charge in [-0.05, 0) is 36.6 Å². The van der Waals surface area contributed by atoms with Crippen molar-refractivity contribution >= 4 is 41.8 Å². The van der Waals surface area contributed by atoms with E-state index in [0.29, 0.717) is 22.5 Å². The van der Waals surface area contributed by atoms with Crippen LogP contribution in [0.25, 0.3) is 16.9 Å². The van der Waals surface area contributed by atoms with Gasteiger partial charge in [-0.15, -0.1) is 24.8 Å². The topological polar surface area (TPSA) is 114 Å². The van der Waals surface area contributed by atoms with Crippen molar-refractivity contribution in [1.29, 1.82) is 5.26 Å². The summed E-state index contributed by atoms with van der Waals surface area (Å²) in [5, 5.41) is 19.4. The van der Waals surface area contributed by atoms with Crippen molar-refractivity contribution in [1.82, 2.24) is 19.5 Å². The molecular weight excluding hydrogens is 423 g/mol. The smallest absolute Gasteiger partial charge is 0.167 e. The highest BCUT2D eigenvalue weighted by Crippen LogP contribution is 2.31. The van der Waals surface area contributed by atoms with Crippen molar-refractivity contribution < 1.29 is 5.11 Å². The molecule has 3 N–H and O–H groups in total. The van der Waals surface area contributed by atoms with Crippen LogP contribution in [0.15, 0.2) is 48.9 Å². The Morgan fingerprint density at radius 2 is 1.93 bits per heavy atom. The minimum Gasteiger partial charge on any atom is -0.508 e. The highest BCUT2D eigenvalue weighted by atomic mass is 35.5. The summed E-state index contributed by atoms with van der Waals surface area (Å²) in [4.78, 5) is 12.9. The van der Waals surface area contributed by atoms with Gasteiger partial charge < -0.3 is 10.8 Å². The fourth-order valence-corrected chi connectivity index (χ4v) is 2.88. The predicted molar refractivity (Wildman–Crippen MR) is 119 cm³/mol. The number of phenolic OH excluding ortho intramolecular Hbond substituents is 1. The zero-order chi connectivity index (χ0) is 19.7. The van der Waals surface area contributed by atoms with Crippen molar-refractivity contribution in [2.75, 3.05) is 5.73 Å². The van der Waals surface area contributed by atoms with Crippen LogP contribution in [0.1, 0.15) is 22.4 Å². The molecule has 0 saturated carbocycles. The Morgan fingerprint density at radius 1 is 1.13 bits per heavy atom. The van der Waals surface area contributed by atoms with E-state index in [4.69, 9.17) is 5.73 Å². The lowest BCUT2D eigenvalue weighted by Gasteiger charge is -2.11. The molecule has 3 heterocycles. The molecule has 0 amide bonds. The van der Waals surface area contributed by atoms with E-state index in [2.05, 4.69) is 32.9 Å². The zero-order valence-corrected chi connectivity index (χ0v) is 17.3. The van der Waals surface area contributed by atoms with Crippen molar-refractivity contribution in [3.8, 4) is 29.3 Å². The number of phenols is 1. The number of nitrogen functional groups attached to an aromatic ring is 1. The summed E-state index contributed by atoms with van der Waals surface area (Å²) in [7, 11) is 0. The number of pyridine rings is 1. The van der Waals surface area contributed by atoms with Gasteiger partial charge in [-0.25, -0.2) is 9.97 Å². The number of halogens is 2. The van der Waals surface area contributed by atoms with Crippen molar-refractivity contribution in [3.63, 3.8) is 0 Å². The standard InChI is InChI=1S/C21H14N6O.2ClH/c1-13-4-7-16(28)9-18(13)27-20(23)17(10-22)19-21(27)26-15(12-25-19)6-5-14-3-2-8-24-11-14;;/h2-4,7-9,11-12,28H,23H2,1H3;2*1H. The first kappa shape index (κ1) is 22.5. The van der Waals surface area contributed by atoms with Gasteiger partial charge in [-0.3, -0.25) is 9.55 Å². The second kappa shape index (κ2) is 9.15. The minimum absolute atomic E-state index is 0. The molecule has 30 heavy (non-hydrogen) atoms. The van der Waals surface area contributed by atoms with E-state index < -0.39 is 0 Å². The predicted octanol–water partition coefficient (Wildman–Crippen LogP) is 3.53. The first-order chi connectivity index (χ1) is 13.6. The Kier molecular flexibility index (Phi) is 6.86. The van der Waals surface area contributed by atoms with Crippen molar-refractivity contribution in [2.45, 2.75) is 6.92 Å². The number of aromatic hydroxyl groups is 1. The molecule has 4 rings (SSSR count). The Hall–Kier alpha value is -3.78. The second-order valence-electron chi connectivity index (χ2n) is 6.10. The molecule has 0 radical (unpaired) electrons. The number of hydrogen-bond acceptors (Lipinski definition) is 6. The number of fused-ring (bicyclic) bond motifs is 1. The summed E-state index contributed by atoms with van der Waals surface area (Å²) < 4.78 is 1.62. The number of aromatic nitrogens is 4. The van der Waals surface area contributed by atoms with E-state index in [1.807, 2.05) is 13.0 Å². The summed E-state index contributed by atoms with van der Waals surface area (Å²) in [5.74, 6) is 6.23. The number of benzene rings is 1. The summed E-state index contributed by atoms with van der Waals surface area (Å²) in [6.07, 6.45) is 4.84. The van der Waals surface area contributed by atoms with E-state index in [1.165, 1.54) is 6.20 Å². The lowest BCUT2D eigenvalue weighted by molar-refractivity contribution is 0.475. The molecule has 0 spiro atoms. The van der Waals surface area contributed by atoms with Gasteiger partial charge in [-0.2, -0.15) is 5.26 Å². The SMILES string of the molecule is Cc1ccc(O)cc1-n1c(N)c(C#N)c2ncc(C#Cc3cccnc3)nc21.Cl.Cl. The molecule has 0 fully saturated rings. The van der Waals surface area contributed by atoms with E-state index in [0.717, 1.165) is 11.1 Å². The molecule has 7 nitrogen and oxygen atoms in total. The number of nitrogens with two attached hydrogens (primary N) is 1. The van der Waals surface area contributed by atoms with E-state index in [9.17, 15) is 10.4 Å². The minimum atomic E-state index is 0. The fraction of sp³-hybridized carbons (Fsp3) is 0.0476. The number of hydrogen-bond donors (Lipinski definition) is 2. The molecule has 0 atom stereocenters. The number of nitriles is 1. The molecule has 3 aromatic heterocycles. The average molecular weight is 439 g/mol. The number of anilines is 1. The molecule has 0 unspecified atom stereocenters. The quantitative estimate of drug-likeness (QED) is 0.439. The molecule has 9 heteroatoms. The number of nitrogens with zero attached hydrogens (tertiary/aromatic N) is 5. The second-order valence-corrected chi connectivity index (χ2v) is 6.10. The Morgan fingerprint density at radius 3 is 2.63 bits per heavy atom. The highest BCUT2D eigenvalue weighted by Gasteiger charge is 2.20. The molecule has 0 aliphatic carbocycles. The molecular formula is C21H16Cl2N6O. The third-order valence-electron chi connectivity index (χ3n) is 4.24. The van der Waals surface area contributed by atoms with Crippen molar-refractivity contribution in [2.24, 2.45) is 0 Å². The maximum Gasteiger partial charge on any atom is 0.167 e. The van der Waals surface area contributed by atoms with Crippen LogP contribution < -0.4 is 5.73 Å². The average Bonchev–Trinajstić information content (AvgIpc) is 2.99. The van der Waals surface area contributed by atoms with Gasteiger partial charge in [0.25, 0.3) is 0 Å². The fourth-order valence-electron chi connectivity index (χ4n) is 2.88. The first-order valence-electron chi connectivity index (χ1n) is 8.37. The molecule has 0 bridgehead atoms. The van der Waals surface area contributed by atoms with Crippen LogP contribution in [-0.4, -0.2) is 24.6 Å². The van der Waals surface area contributed by atoms with E-state index in [-0.39, 0.29) is 41.9 Å². The van der Waals surface area contributed by atoms with Gasteiger partial charge in [0.1, 0.15) is 34.4 Å². The zero-order valence-electron chi connectivity index (χ0n) is 15.7. The lowest BCUT2D eigenvalue weighted by Crippen LogP contribution is -2.04. The Balaban J connectivity index is 0.00000160. The van der Waals surface area contributed by atoms with Gasteiger partial charge in [0.05, 0.1) is 11.9 Å². The van der Waals surface area contributed by atoms with Crippen LogP contribution >= 0.6 is 24.8 Å². The molecule has 0 saturated heterocycles. The molecule has 150 valence electrons. The monoisotopic (exact) mass is 438 g/mol. The first-order valence-corrected chi connectivity index (χ1v) is 8.37.